The van der Waals surface area contributed by atoms with Crippen LogP contribution in [0.25, 0.3) is 0 Å². The summed E-state index contributed by atoms with van der Waals surface area (Å²) >= 11 is 0. The molecule has 1 aromatic carbocycles. The molecule has 1 aromatic rings. The van der Waals surface area contributed by atoms with Crippen molar-refractivity contribution in [2.45, 2.75) is 29.6 Å². The molecule has 1 heterocycles. The predicted molar refractivity (Wildman–Crippen MR) is 82.0 cm³/mol. The van der Waals surface area contributed by atoms with Crippen molar-refractivity contribution in [3.63, 3.8) is 0 Å². The molecule has 0 bridgehead atoms. The van der Waals surface area contributed by atoms with Crippen molar-refractivity contribution in [1.82, 2.24) is 4.72 Å². The molecule has 9 heteroatoms. The molecule has 0 radical (unpaired) electrons. The molecule has 0 spiro atoms. The minimum atomic E-state index is -4.14. The minimum Gasteiger partial charge on any atom is -0.469 e. The van der Waals surface area contributed by atoms with Crippen LogP contribution in [-0.2, 0) is 24.3 Å². The normalized spacial score (nSPS) is 23.9. The number of halogens is 1. The number of esters is 1. The molecule has 0 aromatic heterocycles. The highest BCUT2D eigenvalue weighted by Crippen LogP contribution is 2.19. The Balaban J connectivity index is 2.15. The Morgan fingerprint density at radius 3 is 2.71 bits per heavy atom. The number of carbonyl (C=O) groups excluding carboxylic acids is 1. The van der Waals surface area contributed by atoms with Gasteiger partial charge >= 0.3 is 5.97 Å². The SMILES string of the molecule is COC(=O)C[C@H]1C=C[C@@H](NS(=O)(=O)c2ccccc2F)[C@@H](CO)O1. The quantitative estimate of drug-likeness (QED) is 0.561. The van der Waals surface area contributed by atoms with Crippen molar-refractivity contribution in [3.05, 3.63) is 42.2 Å². The van der Waals surface area contributed by atoms with Crippen LogP contribution in [0.2, 0.25) is 0 Å². The summed E-state index contributed by atoms with van der Waals surface area (Å²) < 4.78 is 50.6. The van der Waals surface area contributed by atoms with Gasteiger partial charge in [0.15, 0.2) is 0 Å². The van der Waals surface area contributed by atoms with Crippen LogP contribution in [0, 0.1) is 5.82 Å². The third kappa shape index (κ3) is 4.38. The number of methoxy groups -OCH3 is 1. The van der Waals surface area contributed by atoms with E-state index in [2.05, 4.69) is 9.46 Å². The molecule has 0 saturated heterocycles. The number of aliphatic hydroxyl groups excluding tert-OH is 1. The smallest absolute Gasteiger partial charge is 0.308 e. The maximum absolute atomic E-state index is 13.7. The summed E-state index contributed by atoms with van der Waals surface area (Å²) in [7, 11) is -2.90. The highest BCUT2D eigenvalue weighted by molar-refractivity contribution is 7.89. The van der Waals surface area contributed by atoms with Gasteiger partial charge in [0, 0.05) is 0 Å². The number of aliphatic hydroxyl groups is 1. The van der Waals surface area contributed by atoms with Gasteiger partial charge < -0.3 is 14.6 Å². The van der Waals surface area contributed by atoms with E-state index < -0.39 is 51.6 Å². The van der Waals surface area contributed by atoms with E-state index >= 15 is 0 Å². The molecule has 0 amide bonds. The maximum atomic E-state index is 13.7. The topological polar surface area (TPSA) is 102 Å². The molecule has 0 fully saturated rings. The van der Waals surface area contributed by atoms with E-state index in [1.165, 1.54) is 31.4 Å². The first-order chi connectivity index (χ1) is 11.4. The van der Waals surface area contributed by atoms with Crippen LogP contribution in [0.5, 0.6) is 0 Å². The molecule has 1 aliphatic heterocycles. The molecule has 0 unspecified atom stereocenters. The van der Waals surface area contributed by atoms with Gasteiger partial charge in [0.05, 0.1) is 32.3 Å². The average molecular weight is 359 g/mol. The second-order valence-corrected chi connectivity index (χ2v) is 6.82. The molecule has 0 aliphatic carbocycles. The fraction of sp³-hybridized carbons (Fsp3) is 0.400. The van der Waals surface area contributed by atoms with Crippen LogP contribution in [0.3, 0.4) is 0 Å². The molecule has 132 valence electrons. The van der Waals surface area contributed by atoms with Crippen molar-refractivity contribution in [2.75, 3.05) is 13.7 Å². The van der Waals surface area contributed by atoms with Crippen molar-refractivity contribution in [2.24, 2.45) is 0 Å². The second kappa shape index (κ2) is 7.84. The van der Waals surface area contributed by atoms with Gasteiger partial charge in [-0.3, -0.25) is 4.79 Å². The summed E-state index contributed by atoms with van der Waals surface area (Å²) in [6.45, 7) is -0.480. The van der Waals surface area contributed by atoms with E-state index in [0.717, 1.165) is 12.1 Å². The van der Waals surface area contributed by atoms with Crippen molar-refractivity contribution in [1.29, 1.82) is 0 Å². The monoisotopic (exact) mass is 359 g/mol. The Hall–Kier alpha value is -1.81. The maximum Gasteiger partial charge on any atom is 0.308 e. The molecule has 24 heavy (non-hydrogen) atoms. The van der Waals surface area contributed by atoms with Gasteiger partial charge in [-0.15, -0.1) is 0 Å². The first-order valence-electron chi connectivity index (χ1n) is 7.15. The van der Waals surface area contributed by atoms with E-state index in [1.54, 1.807) is 0 Å². The van der Waals surface area contributed by atoms with Gasteiger partial charge in [0.1, 0.15) is 16.8 Å². The van der Waals surface area contributed by atoms with Crippen LogP contribution in [-0.4, -0.2) is 51.5 Å². The lowest BCUT2D eigenvalue weighted by Crippen LogP contribution is -2.48. The molecule has 0 saturated carbocycles. The zero-order valence-corrected chi connectivity index (χ0v) is 13.7. The zero-order chi connectivity index (χ0) is 17.7. The fourth-order valence-electron chi connectivity index (χ4n) is 2.26. The number of benzene rings is 1. The average Bonchev–Trinajstić information content (AvgIpc) is 2.56. The fourth-order valence-corrected chi connectivity index (χ4v) is 3.56. The number of carbonyl (C=O) groups is 1. The number of rotatable bonds is 6. The van der Waals surface area contributed by atoms with Gasteiger partial charge in [-0.1, -0.05) is 24.3 Å². The Morgan fingerprint density at radius 2 is 2.08 bits per heavy atom. The summed E-state index contributed by atoms with van der Waals surface area (Å²) in [4.78, 5) is 10.8. The van der Waals surface area contributed by atoms with E-state index in [0.29, 0.717) is 0 Å². The van der Waals surface area contributed by atoms with Crippen molar-refractivity contribution >= 4 is 16.0 Å². The van der Waals surface area contributed by atoms with Gasteiger partial charge in [0.2, 0.25) is 10.0 Å². The first kappa shape index (κ1) is 18.5. The zero-order valence-electron chi connectivity index (χ0n) is 12.9. The number of sulfonamides is 1. The van der Waals surface area contributed by atoms with Gasteiger partial charge in [-0.2, -0.15) is 0 Å². The summed E-state index contributed by atoms with van der Waals surface area (Å²) in [6.07, 6.45) is 1.36. The number of hydrogen-bond acceptors (Lipinski definition) is 6. The lowest BCUT2D eigenvalue weighted by atomic mass is 10.1. The van der Waals surface area contributed by atoms with E-state index in [9.17, 15) is 22.7 Å². The molecular formula is C15H18FNO6S. The van der Waals surface area contributed by atoms with Gasteiger partial charge in [-0.05, 0) is 12.1 Å². The van der Waals surface area contributed by atoms with Crippen LogP contribution < -0.4 is 4.72 Å². The predicted octanol–water partition coefficient (Wildman–Crippen LogP) is 0.352. The van der Waals surface area contributed by atoms with E-state index in [-0.39, 0.29) is 6.42 Å². The standard InChI is InChI=1S/C15H18FNO6S/c1-22-15(19)8-10-6-7-12(13(9-18)23-10)17-24(20,21)14-5-3-2-4-11(14)16/h2-7,10,12-13,17-18H,8-9H2,1H3/t10-,12-,13-/m1/s1. The van der Waals surface area contributed by atoms with Crippen molar-refractivity contribution < 1.29 is 32.2 Å². The highest BCUT2D eigenvalue weighted by atomic mass is 32.2. The Kier molecular flexibility index (Phi) is 6.05. The molecular weight excluding hydrogens is 341 g/mol. The van der Waals surface area contributed by atoms with Gasteiger partial charge in [0.25, 0.3) is 0 Å². The van der Waals surface area contributed by atoms with E-state index in [1.807, 2.05) is 0 Å². The molecule has 2 N–H and O–H groups in total. The largest absolute Gasteiger partial charge is 0.469 e. The summed E-state index contributed by atoms with van der Waals surface area (Å²) in [5.41, 5.74) is 0. The van der Waals surface area contributed by atoms with E-state index in [4.69, 9.17) is 4.74 Å². The number of nitrogens with one attached hydrogen (secondary N) is 1. The van der Waals surface area contributed by atoms with Crippen LogP contribution >= 0.6 is 0 Å². The van der Waals surface area contributed by atoms with Crippen molar-refractivity contribution in [3.8, 4) is 0 Å². The number of hydrogen-bond donors (Lipinski definition) is 2. The molecule has 1 aliphatic rings. The van der Waals surface area contributed by atoms with Gasteiger partial charge in [-0.25, -0.2) is 17.5 Å². The Labute approximate surface area is 139 Å². The molecule has 3 atom stereocenters. The Morgan fingerprint density at radius 1 is 1.38 bits per heavy atom. The summed E-state index contributed by atoms with van der Waals surface area (Å²) in [6, 6.07) is 4.07. The van der Waals surface area contributed by atoms with Crippen LogP contribution in [0.1, 0.15) is 6.42 Å². The third-order valence-electron chi connectivity index (χ3n) is 3.48. The minimum absolute atomic E-state index is 0.0592. The first-order valence-corrected chi connectivity index (χ1v) is 8.64. The third-order valence-corrected chi connectivity index (χ3v) is 4.97. The molecule has 2 rings (SSSR count). The summed E-state index contributed by atoms with van der Waals surface area (Å²) in [5, 5.41) is 9.41. The lowest BCUT2D eigenvalue weighted by molar-refractivity contribution is -0.144. The number of ether oxygens (including phenoxy) is 2. The van der Waals surface area contributed by atoms with Crippen LogP contribution in [0.4, 0.5) is 4.39 Å². The Bertz CT molecular complexity index is 720. The second-order valence-electron chi connectivity index (χ2n) is 5.14. The molecule has 7 nitrogen and oxygen atoms in total. The lowest BCUT2D eigenvalue weighted by Gasteiger charge is -2.31. The summed E-state index contributed by atoms with van der Waals surface area (Å²) in [5.74, 6) is -1.37. The van der Waals surface area contributed by atoms with Crippen LogP contribution in [0.15, 0.2) is 41.3 Å². The highest BCUT2D eigenvalue weighted by Gasteiger charge is 2.32.